The summed E-state index contributed by atoms with van der Waals surface area (Å²) < 4.78 is 18.6. The van der Waals surface area contributed by atoms with Gasteiger partial charge in [0.15, 0.2) is 0 Å². The first-order valence-electron chi connectivity index (χ1n) is 12.9. The van der Waals surface area contributed by atoms with Gasteiger partial charge in [-0.2, -0.15) is 0 Å². The van der Waals surface area contributed by atoms with Gasteiger partial charge in [-0.3, -0.25) is 14.5 Å². The third kappa shape index (κ3) is 7.07. The summed E-state index contributed by atoms with van der Waals surface area (Å²) in [5, 5.41) is 0. The number of hydrogen-bond acceptors (Lipinski definition) is 4. The fraction of sp³-hybridized carbons (Fsp3) is 0.290. The number of halogens is 1. The van der Waals surface area contributed by atoms with Crippen LogP contribution in [-0.4, -0.2) is 79.4 Å². The number of hydrogen-bond donors (Lipinski definition) is 0. The molecule has 1 saturated heterocycles. The second-order valence-corrected chi connectivity index (χ2v) is 9.40. The van der Waals surface area contributed by atoms with E-state index in [-0.39, 0.29) is 17.6 Å². The molecule has 1 aliphatic rings. The van der Waals surface area contributed by atoms with Crippen LogP contribution in [0.1, 0.15) is 31.8 Å². The molecule has 1 aliphatic heterocycles. The Hall–Kier alpha value is -3.97. The fourth-order valence-electron chi connectivity index (χ4n) is 4.48. The van der Waals surface area contributed by atoms with Gasteiger partial charge < -0.3 is 14.5 Å². The van der Waals surface area contributed by atoms with Gasteiger partial charge >= 0.3 is 0 Å². The number of amides is 2. The van der Waals surface area contributed by atoms with Crippen molar-refractivity contribution < 1.29 is 18.7 Å². The van der Waals surface area contributed by atoms with Crippen molar-refractivity contribution in [3.63, 3.8) is 0 Å². The number of rotatable bonds is 9. The Morgan fingerprint density at radius 2 is 1.58 bits per heavy atom. The van der Waals surface area contributed by atoms with Crippen LogP contribution < -0.4 is 4.74 Å². The molecule has 4 rings (SSSR count). The highest BCUT2D eigenvalue weighted by atomic mass is 19.1. The molecule has 38 heavy (non-hydrogen) atoms. The van der Waals surface area contributed by atoms with E-state index < -0.39 is 0 Å². The highest BCUT2D eigenvalue weighted by Gasteiger charge is 2.23. The number of nitrogens with zero attached hydrogens (tertiary/aromatic N) is 3. The van der Waals surface area contributed by atoms with E-state index in [2.05, 4.69) is 4.90 Å². The van der Waals surface area contributed by atoms with Gasteiger partial charge in [-0.25, -0.2) is 4.39 Å². The smallest absolute Gasteiger partial charge is 0.254 e. The summed E-state index contributed by atoms with van der Waals surface area (Å²) in [6, 6.07) is 21.1. The predicted molar refractivity (Wildman–Crippen MR) is 148 cm³/mol. The lowest BCUT2D eigenvalue weighted by molar-refractivity contribution is 0.0609. The summed E-state index contributed by atoms with van der Waals surface area (Å²) in [6.07, 6.45) is 3.97. The summed E-state index contributed by atoms with van der Waals surface area (Å²) in [5.74, 6) is 0.337. The molecule has 3 aromatic carbocycles. The topological polar surface area (TPSA) is 53.1 Å². The largest absolute Gasteiger partial charge is 0.496 e. The Kier molecular flexibility index (Phi) is 9.27. The zero-order chi connectivity index (χ0) is 26.9. The zero-order valence-corrected chi connectivity index (χ0v) is 22.0. The number of benzene rings is 3. The molecule has 0 atom stereocenters. The highest BCUT2D eigenvalue weighted by Crippen LogP contribution is 2.19. The van der Waals surface area contributed by atoms with Crippen LogP contribution in [0.25, 0.3) is 6.08 Å². The Morgan fingerprint density at radius 1 is 0.921 bits per heavy atom. The zero-order valence-electron chi connectivity index (χ0n) is 22.0. The Morgan fingerprint density at radius 3 is 2.26 bits per heavy atom. The predicted octanol–water partition coefficient (Wildman–Crippen LogP) is 4.76. The summed E-state index contributed by atoms with van der Waals surface area (Å²) in [5.41, 5.74) is 3.23. The minimum atomic E-state index is -0.353. The molecule has 2 amide bonds. The van der Waals surface area contributed by atoms with E-state index in [1.165, 1.54) is 24.3 Å². The summed E-state index contributed by atoms with van der Waals surface area (Å²) in [4.78, 5) is 32.1. The standard InChI is InChI=1S/C31H34FN3O3/c1-24-9-11-26(12-10-24)30(36)34(17-5-7-25-6-3-4-8-29(25)38-2)21-18-33-19-22-35(23-20-33)31(37)27-13-15-28(32)16-14-27/h3-16H,17-23H2,1-2H3. The lowest BCUT2D eigenvalue weighted by Crippen LogP contribution is -2.50. The number of aryl methyl sites for hydroxylation is 1. The van der Waals surface area contributed by atoms with Crippen LogP contribution in [0.4, 0.5) is 4.39 Å². The molecule has 0 radical (unpaired) electrons. The van der Waals surface area contributed by atoms with Crippen molar-refractivity contribution in [2.24, 2.45) is 0 Å². The molecule has 198 valence electrons. The number of ether oxygens (including phenoxy) is 1. The van der Waals surface area contributed by atoms with Crippen LogP contribution in [0.5, 0.6) is 5.75 Å². The van der Waals surface area contributed by atoms with Crippen LogP contribution in [-0.2, 0) is 0 Å². The summed E-state index contributed by atoms with van der Waals surface area (Å²) >= 11 is 0. The number of carbonyl (C=O) groups is 2. The SMILES string of the molecule is COc1ccccc1C=CCN(CCN1CCN(C(=O)c2ccc(F)cc2)CC1)C(=O)c1ccc(C)cc1. The molecule has 7 heteroatoms. The van der Waals surface area contributed by atoms with Crippen molar-refractivity contribution in [1.82, 2.24) is 14.7 Å². The second-order valence-electron chi connectivity index (χ2n) is 9.40. The lowest BCUT2D eigenvalue weighted by atomic mass is 10.1. The van der Waals surface area contributed by atoms with Gasteiger partial charge in [-0.1, -0.05) is 48.0 Å². The maximum atomic E-state index is 13.4. The van der Waals surface area contributed by atoms with Crippen molar-refractivity contribution in [1.29, 1.82) is 0 Å². The van der Waals surface area contributed by atoms with Crippen LogP contribution >= 0.6 is 0 Å². The first kappa shape index (κ1) is 27.1. The second kappa shape index (κ2) is 13.0. The van der Waals surface area contributed by atoms with Crippen molar-refractivity contribution in [3.8, 4) is 5.75 Å². The first-order chi connectivity index (χ1) is 18.4. The molecule has 0 aliphatic carbocycles. The van der Waals surface area contributed by atoms with Gasteiger partial charge in [0, 0.05) is 62.5 Å². The van der Waals surface area contributed by atoms with Gasteiger partial charge in [0.05, 0.1) is 7.11 Å². The maximum Gasteiger partial charge on any atom is 0.254 e. The van der Waals surface area contributed by atoms with Crippen LogP contribution in [0.2, 0.25) is 0 Å². The summed E-state index contributed by atoms with van der Waals surface area (Å²) in [6.45, 7) is 6.36. The van der Waals surface area contributed by atoms with Gasteiger partial charge in [0.1, 0.15) is 11.6 Å². The number of piperazine rings is 1. The Balaban J connectivity index is 1.37. The minimum Gasteiger partial charge on any atom is -0.496 e. The third-order valence-electron chi connectivity index (χ3n) is 6.78. The number of methoxy groups -OCH3 is 1. The van der Waals surface area contributed by atoms with Gasteiger partial charge in [0.2, 0.25) is 0 Å². The first-order valence-corrected chi connectivity index (χ1v) is 12.9. The van der Waals surface area contributed by atoms with E-state index in [0.29, 0.717) is 43.9 Å². The minimum absolute atomic E-state index is 0.0141. The molecule has 0 spiro atoms. The van der Waals surface area contributed by atoms with E-state index in [4.69, 9.17) is 4.74 Å². The van der Waals surface area contributed by atoms with Gasteiger partial charge in [-0.05, 0) is 49.4 Å². The number of para-hydroxylation sites is 1. The molecular formula is C31H34FN3O3. The molecule has 0 saturated carbocycles. The molecule has 3 aromatic rings. The van der Waals surface area contributed by atoms with E-state index in [9.17, 15) is 14.0 Å². The molecule has 0 aromatic heterocycles. The Labute approximate surface area is 223 Å². The van der Waals surface area contributed by atoms with Crippen LogP contribution in [0.3, 0.4) is 0 Å². The van der Waals surface area contributed by atoms with Gasteiger partial charge in [0.25, 0.3) is 11.8 Å². The molecular weight excluding hydrogens is 481 g/mol. The van der Waals surface area contributed by atoms with Crippen molar-refractivity contribution in [2.75, 3.05) is 52.9 Å². The van der Waals surface area contributed by atoms with E-state index in [0.717, 1.165) is 30.0 Å². The highest BCUT2D eigenvalue weighted by molar-refractivity contribution is 5.95. The van der Waals surface area contributed by atoms with Gasteiger partial charge in [-0.15, -0.1) is 0 Å². The molecule has 0 bridgehead atoms. The van der Waals surface area contributed by atoms with Crippen molar-refractivity contribution >= 4 is 17.9 Å². The third-order valence-corrected chi connectivity index (χ3v) is 6.78. The Bertz CT molecular complexity index is 1250. The van der Waals surface area contributed by atoms with E-state index >= 15 is 0 Å². The maximum absolute atomic E-state index is 13.4. The van der Waals surface area contributed by atoms with Crippen LogP contribution in [0, 0.1) is 12.7 Å². The molecule has 0 unspecified atom stereocenters. The average molecular weight is 516 g/mol. The molecule has 1 fully saturated rings. The fourth-order valence-corrected chi connectivity index (χ4v) is 4.48. The average Bonchev–Trinajstić information content (AvgIpc) is 2.95. The quantitative estimate of drug-likeness (QED) is 0.413. The molecule has 6 nitrogen and oxygen atoms in total. The van der Waals surface area contributed by atoms with Crippen LogP contribution in [0.15, 0.2) is 78.9 Å². The normalized spacial score (nSPS) is 14.0. The lowest BCUT2D eigenvalue weighted by Gasteiger charge is -2.35. The van der Waals surface area contributed by atoms with Crippen molar-refractivity contribution in [2.45, 2.75) is 6.92 Å². The molecule has 1 heterocycles. The monoisotopic (exact) mass is 515 g/mol. The summed E-state index contributed by atoms with van der Waals surface area (Å²) in [7, 11) is 1.65. The van der Waals surface area contributed by atoms with Crippen molar-refractivity contribution in [3.05, 3.63) is 107 Å². The number of carbonyl (C=O) groups excluding carboxylic acids is 2. The van der Waals surface area contributed by atoms with E-state index in [1.807, 2.05) is 72.5 Å². The van der Waals surface area contributed by atoms with E-state index in [1.54, 1.807) is 12.0 Å². The molecule has 0 N–H and O–H groups in total.